The maximum absolute atomic E-state index is 14.7. The highest BCUT2D eigenvalue weighted by atomic mass is 35.5. The summed E-state index contributed by atoms with van der Waals surface area (Å²) in [4.78, 5) is 64.0. The molecular formula is C88H74Cl4F2N8O8. The quantitative estimate of drug-likeness (QED) is 0.0512. The topological polar surface area (TPSA) is 186 Å². The average molecular weight is 1550 g/mol. The molecule has 0 bridgehead atoms. The highest BCUT2D eigenvalue weighted by Crippen LogP contribution is 2.35. The van der Waals surface area contributed by atoms with E-state index in [4.69, 9.17) is 72.7 Å². The van der Waals surface area contributed by atoms with Crippen LogP contribution in [0.1, 0.15) is 61.1 Å². The van der Waals surface area contributed by atoms with Crippen molar-refractivity contribution in [3.8, 4) is 11.1 Å². The molecule has 110 heavy (non-hydrogen) atoms. The lowest BCUT2D eigenvalue weighted by Gasteiger charge is -2.23. The Morgan fingerprint density at radius 2 is 0.755 bits per heavy atom. The molecule has 0 fully saturated rings. The normalized spacial score (nSPS) is 13.2. The second kappa shape index (κ2) is 34.5. The number of rotatable bonds is 21. The van der Waals surface area contributed by atoms with E-state index in [2.05, 4.69) is 25.4 Å². The predicted octanol–water partition coefficient (Wildman–Crippen LogP) is 20.2. The van der Waals surface area contributed by atoms with E-state index in [-0.39, 0.29) is 96.7 Å². The van der Waals surface area contributed by atoms with Crippen LogP contribution in [0.3, 0.4) is 0 Å². The highest BCUT2D eigenvalue weighted by molar-refractivity contribution is 6.34. The number of carbonyl (C=O) groups is 4. The second-order valence-electron chi connectivity index (χ2n) is 27.9. The van der Waals surface area contributed by atoms with Crippen LogP contribution >= 0.6 is 46.4 Å². The van der Waals surface area contributed by atoms with E-state index in [1.165, 1.54) is 45.9 Å². The van der Waals surface area contributed by atoms with Crippen LogP contribution in [0.15, 0.2) is 219 Å². The molecule has 0 aliphatic carbocycles. The molecule has 22 heteroatoms. The van der Waals surface area contributed by atoms with Crippen LogP contribution in [0, 0.1) is 51.8 Å². The fourth-order valence-electron chi connectivity index (χ4n) is 12.6. The van der Waals surface area contributed by atoms with Crippen molar-refractivity contribution in [2.75, 3.05) is 0 Å². The summed E-state index contributed by atoms with van der Waals surface area (Å²) in [6.45, 7) is 38.5. The van der Waals surface area contributed by atoms with Gasteiger partial charge < -0.3 is 38.7 Å². The van der Waals surface area contributed by atoms with Crippen molar-refractivity contribution in [2.45, 2.75) is 116 Å². The number of halogens is 6. The number of aryl methyl sites for hydroxylation is 2. The Morgan fingerprint density at radius 3 is 1.16 bits per heavy atom. The van der Waals surface area contributed by atoms with Gasteiger partial charge in [-0.15, -0.1) is 0 Å². The monoisotopic (exact) mass is 1550 g/mol. The summed E-state index contributed by atoms with van der Waals surface area (Å²) in [5, 5.41) is 48.0. The van der Waals surface area contributed by atoms with Crippen LogP contribution in [0.2, 0.25) is 20.1 Å². The molecule has 4 aromatic heterocycles. The Bertz CT molecular complexity index is 5770. The maximum atomic E-state index is 14.7. The molecule has 0 aliphatic heterocycles. The standard InChI is InChI=1S/C26H20ClFN2O2.2C21H19ClN2O2.C20H16ClFN2O2/c1-26(32,25(31)13-17-8-9-23(29-2)21(27)12-17)16-30-11-10-19-14-22(28)20(15-24(19)30)18-6-4-3-5-7-18;1-14-4-7-19-16(10-14)8-9-24(19)13-21(2,26)20(25)12-15-5-6-18(23-3)17(22)11-15;1-14-5-4-6-19-16(14)9-10-24(19)13-21(2,26)20(25)12-15-7-8-18(23-3)17(22)11-15;1-20(26,12-24-8-7-14-4-5-15(22)11-18(14)24)19(25)10-13-3-6-17(23-2)16(21)9-13/h3-12,14-15,32H,13,16H2,1H3;2*4-11,26H,12-13H2,1-2H3;3-9,11,26H,10,12H2,1H3/t26-;2*21-;20-/m0000/s1. The molecule has 9 aromatic carbocycles. The highest BCUT2D eigenvalue weighted by Gasteiger charge is 2.35. The molecule has 0 spiro atoms. The molecule has 0 aliphatic rings. The summed E-state index contributed by atoms with van der Waals surface area (Å²) < 4.78 is 35.4. The number of aliphatic hydroxyl groups is 4. The third kappa shape index (κ3) is 19.5. The molecule has 13 rings (SSSR count). The van der Waals surface area contributed by atoms with Gasteiger partial charge in [0.05, 0.1) is 58.0 Å². The number of carbonyl (C=O) groups excluding carboxylic acids is 4. The van der Waals surface area contributed by atoms with Crippen molar-refractivity contribution in [3.63, 3.8) is 0 Å². The minimum atomic E-state index is -1.65. The smallest absolute Gasteiger partial charge is 0.205 e. The van der Waals surface area contributed by atoms with Gasteiger partial charge in [-0.1, -0.05) is 173 Å². The van der Waals surface area contributed by atoms with Gasteiger partial charge in [-0.25, -0.2) is 28.2 Å². The average Bonchev–Trinajstić information content (AvgIpc) is 1.62. The number of nitrogens with zero attached hydrogens (tertiary/aromatic N) is 8. The molecule has 16 nitrogen and oxygen atoms in total. The minimum Gasteiger partial charge on any atom is -0.380 e. The first-order valence-electron chi connectivity index (χ1n) is 34.5. The molecule has 4 atom stereocenters. The molecule has 0 amide bonds. The SMILES string of the molecule is [C-]#[N+]c1ccc(CC(=O)[C@@](C)(O)Cn2ccc3c(C)cccc32)cc1Cl.[C-]#[N+]c1ccc(CC(=O)[C@@](C)(O)Cn2ccc3cc(C)ccc32)cc1Cl.[C-]#[N+]c1ccc(CC(=O)[C@@](C)(O)Cn2ccc3cc(F)c(-c4ccccc4)cc32)cc1Cl.[C-]#[N+]c1ccc(CC(=O)[C@@](C)(O)Cn2ccc3ccc(F)cc32)cc1Cl. The molecule has 4 N–H and O–H groups in total. The lowest BCUT2D eigenvalue weighted by Crippen LogP contribution is -2.40. The number of Topliss-reactive ketones (excluding diaryl/α,β-unsaturated/α-hetero) is 4. The maximum Gasteiger partial charge on any atom is 0.205 e. The first-order valence-corrected chi connectivity index (χ1v) is 36.1. The molecule has 0 saturated carbocycles. The van der Waals surface area contributed by atoms with Gasteiger partial charge in [0.2, 0.25) is 22.7 Å². The number of benzene rings is 9. The van der Waals surface area contributed by atoms with E-state index in [1.54, 1.807) is 119 Å². The lowest BCUT2D eigenvalue weighted by atomic mass is 9.94. The molecule has 0 saturated heterocycles. The molecule has 0 radical (unpaired) electrons. The van der Waals surface area contributed by atoms with Crippen molar-refractivity contribution < 1.29 is 48.4 Å². The number of fused-ring (bicyclic) bond motifs is 4. The third-order valence-electron chi connectivity index (χ3n) is 18.9. The van der Waals surface area contributed by atoms with Crippen molar-refractivity contribution in [2.24, 2.45) is 0 Å². The number of ketones is 4. The number of hydrogen-bond acceptors (Lipinski definition) is 8. The van der Waals surface area contributed by atoms with E-state index in [0.29, 0.717) is 71.5 Å². The van der Waals surface area contributed by atoms with Gasteiger partial charge in [0, 0.05) is 103 Å². The second-order valence-corrected chi connectivity index (χ2v) is 29.5. The Morgan fingerprint density at radius 1 is 0.382 bits per heavy atom. The zero-order valence-electron chi connectivity index (χ0n) is 60.7. The van der Waals surface area contributed by atoms with Gasteiger partial charge >= 0.3 is 0 Å². The van der Waals surface area contributed by atoms with Crippen LogP contribution in [0.5, 0.6) is 0 Å². The van der Waals surface area contributed by atoms with Crippen LogP contribution in [0.4, 0.5) is 31.5 Å². The van der Waals surface area contributed by atoms with Crippen molar-refractivity contribution in [1.82, 2.24) is 18.3 Å². The van der Waals surface area contributed by atoms with Crippen LogP contribution in [-0.4, -0.2) is 84.2 Å². The summed E-state index contributed by atoms with van der Waals surface area (Å²) in [5.41, 5.74) is 4.46. The van der Waals surface area contributed by atoms with Gasteiger partial charge in [0.15, 0.2) is 23.1 Å². The molecule has 4 heterocycles. The van der Waals surface area contributed by atoms with E-state index in [1.807, 2.05) is 108 Å². The number of aromatic nitrogens is 4. The third-order valence-corrected chi connectivity index (χ3v) is 20.2. The van der Waals surface area contributed by atoms with Crippen molar-refractivity contribution in [1.29, 1.82) is 0 Å². The van der Waals surface area contributed by atoms with Gasteiger partial charge in [-0.3, -0.25) is 19.2 Å². The molecular weight excluding hydrogens is 1480 g/mol. The minimum absolute atomic E-state index is 0.00660. The molecule has 13 aromatic rings. The van der Waals surface area contributed by atoms with E-state index >= 15 is 0 Å². The van der Waals surface area contributed by atoms with Gasteiger partial charge in [-0.05, 0) is 158 Å². The fraction of sp³-hybridized carbons (Fsp3) is 0.205. The Labute approximate surface area is 655 Å². The van der Waals surface area contributed by atoms with E-state index in [9.17, 15) is 48.4 Å². The van der Waals surface area contributed by atoms with Crippen LogP contribution < -0.4 is 0 Å². The van der Waals surface area contributed by atoms with Crippen LogP contribution in [-0.2, 0) is 71.0 Å². The Balaban J connectivity index is 0.000000157. The Kier molecular flexibility index (Phi) is 25.4. The summed E-state index contributed by atoms with van der Waals surface area (Å²) >= 11 is 24.1. The zero-order chi connectivity index (χ0) is 79.6. The molecule has 0 unspecified atom stereocenters. The lowest BCUT2D eigenvalue weighted by molar-refractivity contribution is -0.136. The molecule has 556 valence electrons. The van der Waals surface area contributed by atoms with Crippen molar-refractivity contribution >= 4 is 136 Å². The number of hydrogen-bond donors (Lipinski definition) is 4. The van der Waals surface area contributed by atoms with Crippen molar-refractivity contribution in [3.05, 3.63) is 330 Å². The summed E-state index contributed by atoms with van der Waals surface area (Å²) in [5.74, 6) is -2.06. The summed E-state index contributed by atoms with van der Waals surface area (Å²) in [6, 6.07) is 55.8. The van der Waals surface area contributed by atoms with E-state index in [0.717, 1.165) is 49.4 Å². The summed E-state index contributed by atoms with van der Waals surface area (Å²) in [7, 11) is 0. The largest absolute Gasteiger partial charge is 0.380 e. The van der Waals surface area contributed by atoms with E-state index < -0.39 is 22.4 Å². The Hall–Kier alpha value is -11.4. The van der Waals surface area contributed by atoms with Gasteiger partial charge in [-0.2, -0.15) is 0 Å². The van der Waals surface area contributed by atoms with Gasteiger partial charge in [0.1, 0.15) is 34.0 Å². The first kappa shape index (κ1) is 81.2. The van der Waals surface area contributed by atoms with Gasteiger partial charge in [0.25, 0.3) is 0 Å². The fourth-order valence-corrected chi connectivity index (χ4v) is 13.6. The zero-order valence-corrected chi connectivity index (χ0v) is 63.7. The predicted molar refractivity (Wildman–Crippen MR) is 431 cm³/mol. The summed E-state index contributed by atoms with van der Waals surface area (Å²) in [6.07, 6.45) is 7.31. The van der Waals surface area contributed by atoms with Crippen LogP contribution in [0.25, 0.3) is 74.1 Å². The first-order chi connectivity index (χ1) is 52.2.